The molecule has 0 aliphatic heterocycles. The van der Waals surface area contributed by atoms with E-state index in [9.17, 15) is 13.6 Å². The molecule has 1 saturated carbocycles. The summed E-state index contributed by atoms with van der Waals surface area (Å²) in [6.07, 6.45) is 2.91. The van der Waals surface area contributed by atoms with Crippen molar-refractivity contribution in [1.29, 1.82) is 0 Å². The van der Waals surface area contributed by atoms with Crippen molar-refractivity contribution in [2.75, 3.05) is 7.11 Å². The van der Waals surface area contributed by atoms with Crippen LogP contribution >= 0.6 is 0 Å². The van der Waals surface area contributed by atoms with Crippen LogP contribution in [-0.4, -0.2) is 23.6 Å². The maximum Gasteiger partial charge on any atom is 0.337 e. The Morgan fingerprint density at radius 1 is 1.32 bits per heavy atom. The van der Waals surface area contributed by atoms with E-state index in [0.29, 0.717) is 18.4 Å². The van der Waals surface area contributed by atoms with Crippen LogP contribution in [0.2, 0.25) is 0 Å². The highest BCUT2D eigenvalue weighted by Gasteiger charge is 2.36. The summed E-state index contributed by atoms with van der Waals surface area (Å²) in [4.78, 5) is 11.6. The number of aromatic nitrogens is 1. The molecule has 0 saturated heterocycles. The first kappa shape index (κ1) is 15.0. The minimum absolute atomic E-state index is 0.0473. The predicted molar refractivity (Wildman–Crippen MR) is 80.4 cm³/mol. The molecule has 0 atom stereocenters. The van der Waals surface area contributed by atoms with Gasteiger partial charge in [0.05, 0.1) is 12.7 Å². The van der Waals surface area contributed by atoms with Gasteiger partial charge in [-0.05, 0) is 36.5 Å². The average molecular weight is 307 g/mol. The Bertz CT molecular complexity index is 711. The number of esters is 1. The van der Waals surface area contributed by atoms with E-state index >= 15 is 0 Å². The largest absolute Gasteiger partial charge is 0.465 e. The zero-order chi connectivity index (χ0) is 15.9. The molecule has 0 radical (unpaired) electrons. The number of aryl methyl sites for hydroxylation is 1. The minimum atomic E-state index is -2.51. The quantitative estimate of drug-likeness (QED) is 0.776. The smallest absolute Gasteiger partial charge is 0.337 e. The summed E-state index contributed by atoms with van der Waals surface area (Å²) < 4.78 is 33.4. The number of hydrogen-bond acceptors (Lipinski definition) is 2. The summed E-state index contributed by atoms with van der Waals surface area (Å²) in [5.41, 5.74) is 2.53. The molecule has 118 valence electrons. The van der Waals surface area contributed by atoms with Crippen LogP contribution in [0, 0.1) is 0 Å². The number of nitrogens with zero attached hydrogens (tertiary/aromatic N) is 1. The third-order valence-corrected chi connectivity index (χ3v) is 4.60. The number of alkyl halides is 2. The number of carbonyl (C=O) groups is 1. The van der Waals surface area contributed by atoms with Gasteiger partial charge in [-0.2, -0.15) is 0 Å². The fourth-order valence-electron chi connectivity index (χ4n) is 3.34. The first-order valence-corrected chi connectivity index (χ1v) is 7.46. The molecule has 1 aromatic carbocycles. The normalized spacial score (nSPS) is 18.5. The second-order valence-electron chi connectivity index (χ2n) is 6.05. The number of fused-ring (bicyclic) bond motifs is 1. The summed E-state index contributed by atoms with van der Waals surface area (Å²) in [5.74, 6) is -2.73. The van der Waals surface area contributed by atoms with Gasteiger partial charge >= 0.3 is 5.97 Å². The number of halogens is 2. The topological polar surface area (TPSA) is 31.2 Å². The van der Waals surface area contributed by atoms with E-state index in [0.717, 1.165) is 16.5 Å². The number of rotatable bonds is 2. The summed E-state index contributed by atoms with van der Waals surface area (Å²) in [7, 11) is 3.26. The molecule has 1 fully saturated rings. The molecule has 3 nitrogen and oxygen atoms in total. The molecule has 1 aliphatic carbocycles. The lowest BCUT2D eigenvalue weighted by Crippen LogP contribution is -2.23. The Labute approximate surface area is 127 Å². The maximum atomic E-state index is 13.3. The van der Waals surface area contributed by atoms with Crippen molar-refractivity contribution in [2.24, 2.45) is 7.05 Å². The minimum Gasteiger partial charge on any atom is -0.465 e. The van der Waals surface area contributed by atoms with Gasteiger partial charge in [-0.15, -0.1) is 0 Å². The molecular formula is C17H19F2NO2. The molecule has 0 bridgehead atoms. The van der Waals surface area contributed by atoms with Crippen molar-refractivity contribution in [1.82, 2.24) is 4.57 Å². The van der Waals surface area contributed by atoms with Gasteiger partial charge in [0.2, 0.25) is 5.92 Å². The lowest BCUT2D eigenvalue weighted by atomic mass is 9.82. The third-order valence-electron chi connectivity index (χ3n) is 4.60. The molecule has 22 heavy (non-hydrogen) atoms. The van der Waals surface area contributed by atoms with Crippen molar-refractivity contribution in [3.8, 4) is 0 Å². The van der Waals surface area contributed by atoms with Gasteiger partial charge in [0.15, 0.2) is 0 Å². The summed E-state index contributed by atoms with van der Waals surface area (Å²) in [6.45, 7) is 0. The predicted octanol–water partition coefficient (Wildman–Crippen LogP) is 4.26. The van der Waals surface area contributed by atoms with E-state index < -0.39 is 5.92 Å². The second kappa shape index (κ2) is 5.38. The fourth-order valence-corrected chi connectivity index (χ4v) is 3.34. The molecule has 1 aromatic heterocycles. The van der Waals surface area contributed by atoms with E-state index in [4.69, 9.17) is 4.74 Å². The van der Waals surface area contributed by atoms with E-state index in [2.05, 4.69) is 0 Å². The van der Waals surface area contributed by atoms with E-state index in [1.54, 1.807) is 12.1 Å². The number of benzene rings is 1. The number of carbonyl (C=O) groups excluding carboxylic acids is 1. The Morgan fingerprint density at radius 3 is 2.64 bits per heavy atom. The van der Waals surface area contributed by atoms with Gasteiger partial charge in [-0.3, -0.25) is 0 Å². The van der Waals surface area contributed by atoms with Gasteiger partial charge in [0.25, 0.3) is 0 Å². The van der Waals surface area contributed by atoms with E-state index in [1.807, 2.05) is 23.9 Å². The van der Waals surface area contributed by atoms with Crippen LogP contribution in [0.3, 0.4) is 0 Å². The standard InChI is InChI=1S/C17H19F2NO2/c1-20-10-14(11-5-7-17(18,19)8-6-11)13-4-3-12(9-15(13)20)16(21)22-2/h3-4,9-11H,5-8H2,1-2H3. The van der Waals surface area contributed by atoms with Crippen LogP contribution in [0.15, 0.2) is 24.4 Å². The first-order chi connectivity index (χ1) is 10.4. The highest BCUT2D eigenvalue weighted by molar-refractivity contribution is 5.95. The molecule has 0 unspecified atom stereocenters. The molecule has 0 N–H and O–H groups in total. The molecular weight excluding hydrogens is 288 g/mol. The lowest BCUT2D eigenvalue weighted by molar-refractivity contribution is -0.0381. The van der Waals surface area contributed by atoms with Gasteiger partial charge in [-0.25, -0.2) is 13.6 Å². The summed E-state index contributed by atoms with van der Waals surface area (Å²) in [6, 6.07) is 5.42. The van der Waals surface area contributed by atoms with Crippen LogP contribution in [-0.2, 0) is 11.8 Å². The summed E-state index contributed by atoms with van der Waals surface area (Å²) >= 11 is 0. The van der Waals surface area contributed by atoms with Crippen molar-refractivity contribution >= 4 is 16.9 Å². The number of ether oxygens (including phenoxy) is 1. The maximum absolute atomic E-state index is 13.3. The SMILES string of the molecule is COC(=O)c1ccc2c(C3CCC(F)(F)CC3)cn(C)c2c1. The van der Waals surface area contributed by atoms with Gasteiger partial charge in [-0.1, -0.05) is 6.07 Å². The molecule has 0 amide bonds. The average Bonchev–Trinajstić information content (AvgIpc) is 2.83. The molecule has 3 rings (SSSR count). The van der Waals surface area contributed by atoms with Gasteiger partial charge in [0, 0.05) is 37.0 Å². The molecule has 2 aromatic rings. The zero-order valence-electron chi connectivity index (χ0n) is 12.7. The molecule has 0 spiro atoms. The highest BCUT2D eigenvalue weighted by atomic mass is 19.3. The Balaban J connectivity index is 1.97. The van der Waals surface area contributed by atoms with Crippen LogP contribution in [0.4, 0.5) is 8.78 Å². The number of hydrogen-bond donors (Lipinski definition) is 0. The van der Waals surface area contributed by atoms with Crippen molar-refractivity contribution < 1.29 is 18.3 Å². The van der Waals surface area contributed by atoms with Crippen molar-refractivity contribution in [3.63, 3.8) is 0 Å². The fraction of sp³-hybridized carbons (Fsp3) is 0.471. The van der Waals surface area contributed by atoms with Crippen molar-refractivity contribution in [2.45, 2.75) is 37.5 Å². The van der Waals surface area contributed by atoms with E-state index in [1.165, 1.54) is 7.11 Å². The first-order valence-electron chi connectivity index (χ1n) is 7.46. The number of methoxy groups -OCH3 is 1. The van der Waals surface area contributed by atoms with Crippen LogP contribution in [0.1, 0.15) is 47.5 Å². The molecule has 1 aliphatic rings. The highest BCUT2D eigenvalue weighted by Crippen LogP contribution is 2.43. The van der Waals surface area contributed by atoms with E-state index in [-0.39, 0.29) is 24.7 Å². The zero-order valence-corrected chi connectivity index (χ0v) is 12.7. The second-order valence-corrected chi connectivity index (χ2v) is 6.05. The van der Waals surface area contributed by atoms with Crippen LogP contribution < -0.4 is 0 Å². The Morgan fingerprint density at radius 2 is 2.00 bits per heavy atom. The Kier molecular flexibility index (Phi) is 3.67. The lowest BCUT2D eigenvalue weighted by Gasteiger charge is -2.28. The van der Waals surface area contributed by atoms with Crippen molar-refractivity contribution in [3.05, 3.63) is 35.5 Å². The van der Waals surface area contributed by atoms with Crippen LogP contribution in [0.25, 0.3) is 10.9 Å². The van der Waals surface area contributed by atoms with Crippen LogP contribution in [0.5, 0.6) is 0 Å². The Hall–Kier alpha value is -1.91. The summed E-state index contributed by atoms with van der Waals surface area (Å²) in [5, 5.41) is 1.03. The third kappa shape index (κ3) is 2.60. The van der Waals surface area contributed by atoms with Gasteiger partial charge in [0.1, 0.15) is 0 Å². The van der Waals surface area contributed by atoms with Gasteiger partial charge < -0.3 is 9.30 Å². The molecule has 1 heterocycles. The molecule has 5 heteroatoms. The monoisotopic (exact) mass is 307 g/mol.